The summed E-state index contributed by atoms with van der Waals surface area (Å²) in [5.74, 6) is -0.139. The van der Waals surface area contributed by atoms with Crippen molar-refractivity contribution in [3.63, 3.8) is 0 Å². The molecule has 20 heavy (non-hydrogen) atoms. The molecule has 0 amide bonds. The minimum Gasteiger partial charge on any atom is -0.468 e. The summed E-state index contributed by atoms with van der Waals surface area (Å²) >= 11 is 0. The summed E-state index contributed by atoms with van der Waals surface area (Å²) in [6.07, 6.45) is 4.78. The Morgan fingerprint density at radius 3 is 2.80 bits per heavy atom. The highest BCUT2D eigenvalue weighted by Gasteiger charge is 2.34. The van der Waals surface area contributed by atoms with Gasteiger partial charge in [-0.3, -0.25) is 9.69 Å². The Labute approximate surface area is 122 Å². The van der Waals surface area contributed by atoms with E-state index < -0.39 is 0 Å². The number of likely N-dealkylation sites (tertiary alicyclic amines) is 1. The molecule has 2 rings (SSSR count). The van der Waals surface area contributed by atoms with Crippen LogP contribution in [0.4, 0.5) is 0 Å². The van der Waals surface area contributed by atoms with Gasteiger partial charge in [-0.15, -0.1) is 0 Å². The fourth-order valence-electron chi connectivity index (χ4n) is 3.59. The number of hydrogen-bond donors (Lipinski definition) is 1. The van der Waals surface area contributed by atoms with E-state index in [-0.39, 0.29) is 12.0 Å². The van der Waals surface area contributed by atoms with Gasteiger partial charge in [0.05, 0.1) is 7.11 Å². The molecule has 0 aromatic heterocycles. The number of carbonyl (C=O) groups excluding carboxylic acids is 1. The fraction of sp³-hybridized carbons (Fsp3) is 0.933. The summed E-state index contributed by atoms with van der Waals surface area (Å²) in [6.45, 7) is 6.10. The third-order valence-electron chi connectivity index (χ3n) is 4.90. The van der Waals surface area contributed by atoms with Gasteiger partial charge in [-0.1, -0.05) is 6.92 Å². The second-order valence-electron chi connectivity index (χ2n) is 6.06. The number of methoxy groups -OCH3 is 1. The maximum absolute atomic E-state index is 11.7. The van der Waals surface area contributed by atoms with Gasteiger partial charge in [-0.05, 0) is 45.8 Å². The molecule has 0 aliphatic carbocycles. The summed E-state index contributed by atoms with van der Waals surface area (Å²) in [7, 11) is 3.73. The van der Waals surface area contributed by atoms with Gasteiger partial charge in [0.2, 0.25) is 0 Å². The van der Waals surface area contributed by atoms with Crippen LogP contribution in [0.3, 0.4) is 0 Å². The van der Waals surface area contributed by atoms with Crippen molar-refractivity contribution in [3.8, 4) is 0 Å². The van der Waals surface area contributed by atoms with Gasteiger partial charge in [0, 0.05) is 25.2 Å². The number of carbonyl (C=O) groups is 1. The normalized spacial score (nSPS) is 29.1. The van der Waals surface area contributed by atoms with Crippen molar-refractivity contribution in [2.75, 3.05) is 40.3 Å². The van der Waals surface area contributed by atoms with E-state index in [1.807, 2.05) is 6.92 Å². The summed E-state index contributed by atoms with van der Waals surface area (Å²) < 4.78 is 4.87. The summed E-state index contributed by atoms with van der Waals surface area (Å²) in [5, 5.41) is 3.22. The van der Waals surface area contributed by atoms with E-state index in [9.17, 15) is 4.79 Å². The predicted molar refractivity (Wildman–Crippen MR) is 79.7 cm³/mol. The van der Waals surface area contributed by atoms with Crippen LogP contribution in [-0.4, -0.2) is 74.2 Å². The van der Waals surface area contributed by atoms with E-state index in [1.54, 1.807) is 0 Å². The molecular formula is C15H29N3O2. The van der Waals surface area contributed by atoms with Gasteiger partial charge in [-0.2, -0.15) is 0 Å². The third-order valence-corrected chi connectivity index (χ3v) is 4.90. The summed E-state index contributed by atoms with van der Waals surface area (Å²) in [5.41, 5.74) is 0. The lowest BCUT2D eigenvalue weighted by molar-refractivity contribution is -0.143. The zero-order chi connectivity index (χ0) is 14.5. The average molecular weight is 283 g/mol. The molecule has 0 aromatic carbocycles. The molecule has 0 spiro atoms. The number of esters is 1. The van der Waals surface area contributed by atoms with E-state index in [0.717, 1.165) is 38.6 Å². The Morgan fingerprint density at radius 2 is 2.10 bits per heavy atom. The second-order valence-corrected chi connectivity index (χ2v) is 6.06. The van der Waals surface area contributed by atoms with Crippen molar-refractivity contribution < 1.29 is 9.53 Å². The number of fused-ring (bicyclic) bond motifs is 2. The van der Waals surface area contributed by atoms with Crippen LogP contribution in [0, 0.1) is 0 Å². The van der Waals surface area contributed by atoms with Crippen molar-refractivity contribution in [1.82, 2.24) is 15.1 Å². The van der Waals surface area contributed by atoms with Gasteiger partial charge >= 0.3 is 5.97 Å². The van der Waals surface area contributed by atoms with E-state index in [2.05, 4.69) is 22.2 Å². The van der Waals surface area contributed by atoms with Gasteiger partial charge < -0.3 is 15.0 Å². The standard InChI is InChI=1S/C15H29N3O2/c1-4-16-14(15(19)20-3)8-10-18-9-7-12-5-6-13(11-18)17(12)2/h12-14,16H,4-11H2,1-3H3. The largest absolute Gasteiger partial charge is 0.468 e. The molecule has 2 aliphatic heterocycles. The molecule has 3 atom stereocenters. The highest BCUT2D eigenvalue weighted by molar-refractivity contribution is 5.75. The van der Waals surface area contributed by atoms with Crippen LogP contribution in [0.15, 0.2) is 0 Å². The van der Waals surface area contributed by atoms with Gasteiger partial charge in [0.15, 0.2) is 0 Å². The molecule has 0 aromatic rings. The molecule has 1 N–H and O–H groups in total. The Balaban J connectivity index is 1.82. The van der Waals surface area contributed by atoms with Crippen LogP contribution >= 0.6 is 0 Å². The number of likely N-dealkylation sites (N-methyl/N-ethyl adjacent to an activating group) is 2. The van der Waals surface area contributed by atoms with Crippen molar-refractivity contribution in [3.05, 3.63) is 0 Å². The van der Waals surface area contributed by atoms with E-state index in [4.69, 9.17) is 4.74 Å². The molecule has 0 saturated carbocycles. The number of ether oxygens (including phenoxy) is 1. The first kappa shape index (κ1) is 15.7. The quantitative estimate of drug-likeness (QED) is 0.727. The van der Waals surface area contributed by atoms with E-state index in [0.29, 0.717) is 6.04 Å². The Bertz CT molecular complexity index is 324. The maximum atomic E-state index is 11.7. The molecule has 3 unspecified atom stereocenters. The monoisotopic (exact) mass is 283 g/mol. The average Bonchev–Trinajstić information content (AvgIpc) is 2.69. The lowest BCUT2D eigenvalue weighted by Crippen LogP contribution is -2.42. The van der Waals surface area contributed by atoms with Gasteiger partial charge in [0.25, 0.3) is 0 Å². The number of rotatable bonds is 6. The third kappa shape index (κ3) is 3.71. The number of hydrogen-bond acceptors (Lipinski definition) is 5. The molecule has 2 heterocycles. The van der Waals surface area contributed by atoms with Crippen LogP contribution in [0.2, 0.25) is 0 Å². The van der Waals surface area contributed by atoms with Crippen molar-refractivity contribution in [2.24, 2.45) is 0 Å². The molecule has 2 aliphatic rings. The minimum absolute atomic E-state index is 0.139. The lowest BCUT2D eigenvalue weighted by atomic mass is 10.1. The van der Waals surface area contributed by atoms with Crippen LogP contribution in [0.25, 0.3) is 0 Å². The molecule has 5 nitrogen and oxygen atoms in total. The highest BCUT2D eigenvalue weighted by Crippen LogP contribution is 2.28. The van der Waals surface area contributed by atoms with Crippen molar-refractivity contribution >= 4 is 5.97 Å². The molecule has 5 heteroatoms. The topological polar surface area (TPSA) is 44.8 Å². The Morgan fingerprint density at radius 1 is 1.35 bits per heavy atom. The first-order valence-corrected chi connectivity index (χ1v) is 7.91. The van der Waals surface area contributed by atoms with Crippen LogP contribution in [0.1, 0.15) is 32.6 Å². The molecule has 0 radical (unpaired) electrons. The van der Waals surface area contributed by atoms with E-state index >= 15 is 0 Å². The smallest absolute Gasteiger partial charge is 0.322 e. The lowest BCUT2D eigenvalue weighted by Gasteiger charge is -2.27. The zero-order valence-electron chi connectivity index (χ0n) is 13.1. The molecule has 116 valence electrons. The zero-order valence-corrected chi connectivity index (χ0v) is 13.1. The Hall–Kier alpha value is -0.650. The fourth-order valence-corrected chi connectivity index (χ4v) is 3.59. The summed E-state index contributed by atoms with van der Waals surface area (Å²) in [4.78, 5) is 16.8. The van der Waals surface area contributed by atoms with Crippen molar-refractivity contribution in [1.29, 1.82) is 0 Å². The van der Waals surface area contributed by atoms with E-state index in [1.165, 1.54) is 26.4 Å². The Kier molecular flexibility index (Phi) is 5.81. The van der Waals surface area contributed by atoms with Gasteiger partial charge in [-0.25, -0.2) is 0 Å². The van der Waals surface area contributed by atoms with Crippen LogP contribution in [-0.2, 0) is 9.53 Å². The SMILES string of the molecule is CCNC(CCN1CCC2CCC(C1)N2C)C(=O)OC. The summed E-state index contributed by atoms with van der Waals surface area (Å²) in [6, 6.07) is 1.32. The van der Waals surface area contributed by atoms with Crippen LogP contribution in [0.5, 0.6) is 0 Å². The maximum Gasteiger partial charge on any atom is 0.322 e. The van der Waals surface area contributed by atoms with Gasteiger partial charge in [0.1, 0.15) is 6.04 Å². The first-order chi connectivity index (χ1) is 9.65. The predicted octanol–water partition coefficient (Wildman–Crippen LogP) is 0.696. The minimum atomic E-state index is -0.164. The number of nitrogens with zero attached hydrogens (tertiary/aromatic N) is 2. The molecule has 2 bridgehead atoms. The highest BCUT2D eigenvalue weighted by atomic mass is 16.5. The number of nitrogens with one attached hydrogen (secondary N) is 1. The van der Waals surface area contributed by atoms with Crippen molar-refractivity contribution in [2.45, 2.75) is 50.7 Å². The van der Waals surface area contributed by atoms with Crippen LogP contribution < -0.4 is 5.32 Å². The second kappa shape index (κ2) is 7.38. The molecule has 2 fully saturated rings. The molecule has 2 saturated heterocycles. The molecular weight excluding hydrogens is 254 g/mol. The first-order valence-electron chi connectivity index (χ1n) is 7.91.